The van der Waals surface area contributed by atoms with Gasteiger partial charge in [0.1, 0.15) is 0 Å². The monoisotopic (exact) mass is 271 g/mol. The second kappa shape index (κ2) is 5.98. The second-order valence-electron chi connectivity index (χ2n) is 4.85. The van der Waals surface area contributed by atoms with Gasteiger partial charge in [-0.3, -0.25) is 9.78 Å². The number of rotatable bonds is 3. The molecule has 2 aromatic rings. The normalized spacial score (nSPS) is 18.9. The second-order valence-corrected chi connectivity index (χ2v) is 4.85. The van der Waals surface area contributed by atoms with E-state index in [4.69, 9.17) is 4.74 Å². The quantitative estimate of drug-likeness (QED) is 0.889. The number of anilines is 1. The summed E-state index contributed by atoms with van der Waals surface area (Å²) >= 11 is 0. The largest absolute Gasteiger partial charge is 0.375 e. The summed E-state index contributed by atoms with van der Waals surface area (Å²) in [5.41, 5.74) is 0.796. The Hall–Kier alpha value is -1.98. The molecule has 5 nitrogen and oxygen atoms in total. The van der Waals surface area contributed by atoms with Crippen molar-refractivity contribution in [2.75, 3.05) is 25.0 Å². The van der Waals surface area contributed by atoms with E-state index in [9.17, 15) is 4.79 Å². The van der Waals surface area contributed by atoms with Gasteiger partial charge in [0.2, 0.25) is 5.91 Å². The molecule has 0 saturated carbocycles. The first kappa shape index (κ1) is 13.0. The molecule has 1 aliphatic rings. The highest BCUT2D eigenvalue weighted by atomic mass is 16.5. The van der Waals surface area contributed by atoms with Gasteiger partial charge in [-0.05, 0) is 17.5 Å². The Balaban J connectivity index is 1.71. The fraction of sp³-hybridized carbons (Fsp3) is 0.333. The van der Waals surface area contributed by atoms with Crippen molar-refractivity contribution in [2.24, 2.45) is 0 Å². The van der Waals surface area contributed by atoms with Crippen molar-refractivity contribution < 1.29 is 9.53 Å². The molecule has 1 aliphatic heterocycles. The predicted molar refractivity (Wildman–Crippen MR) is 77.6 cm³/mol. The maximum absolute atomic E-state index is 12.1. The van der Waals surface area contributed by atoms with Gasteiger partial charge in [-0.1, -0.05) is 12.1 Å². The summed E-state index contributed by atoms with van der Waals surface area (Å²) in [6.45, 7) is 2.24. The first-order valence-corrected chi connectivity index (χ1v) is 6.78. The zero-order valence-electron chi connectivity index (χ0n) is 11.1. The number of nitrogens with one attached hydrogen (secondary N) is 2. The van der Waals surface area contributed by atoms with Crippen molar-refractivity contribution in [3.63, 3.8) is 0 Å². The van der Waals surface area contributed by atoms with Crippen molar-refractivity contribution in [1.29, 1.82) is 0 Å². The van der Waals surface area contributed by atoms with Gasteiger partial charge in [0.15, 0.2) is 0 Å². The van der Waals surface area contributed by atoms with E-state index in [1.54, 1.807) is 12.4 Å². The van der Waals surface area contributed by atoms with Gasteiger partial charge < -0.3 is 15.4 Å². The van der Waals surface area contributed by atoms with Gasteiger partial charge >= 0.3 is 0 Å². The maximum atomic E-state index is 12.1. The van der Waals surface area contributed by atoms with Crippen molar-refractivity contribution in [1.82, 2.24) is 10.3 Å². The van der Waals surface area contributed by atoms with Crippen LogP contribution in [0.25, 0.3) is 10.8 Å². The summed E-state index contributed by atoms with van der Waals surface area (Å²) in [7, 11) is 0. The highest BCUT2D eigenvalue weighted by molar-refractivity contribution is 6.01. The number of carbonyl (C=O) groups excluding carboxylic acids is 1. The number of fused-ring (bicyclic) bond motifs is 1. The van der Waals surface area contributed by atoms with Crippen LogP contribution in [0.2, 0.25) is 0 Å². The SMILES string of the molecule is O=C(CC1CNCCO1)Nc1cccc2ccncc12. The molecule has 1 fully saturated rings. The van der Waals surface area contributed by atoms with E-state index >= 15 is 0 Å². The Morgan fingerprint density at radius 1 is 1.45 bits per heavy atom. The summed E-state index contributed by atoms with van der Waals surface area (Å²) < 4.78 is 5.54. The summed E-state index contributed by atoms with van der Waals surface area (Å²) in [6, 6.07) is 7.75. The molecule has 1 unspecified atom stereocenters. The molecule has 1 saturated heterocycles. The average molecular weight is 271 g/mol. The first-order valence-electron chi connectivity index (χ1n) is 6.78. The number of morpholine rings is 1. The fourth-order valence-electron chi connectivity index (χ4n) is 2.38. The summed E-state index contributed by atoms with van der Waals surface area (Å²) in [4.78, 5) is 16.2. The molecule has 5 heteroatoms. The molecule has 0 aliphatic carbocycles. The van der Waals surface area contributed by atoms with Crippen LogP contribution in [0.3, 0.4) is 0 Å². The molecule has 1 aromatic heterocycles. The van der Waals surface area contributed by atoms with Crippen LogP contribution in [0, 0.1) is 0 Å². The first-order chi connectivity index (χ1) is 9.83. The van der Waals surface area contributed by atoms with Gasteiger partial charge in [-0.25, -0.2) is 0 Å². The number of carbonyl (C=O) groups is 1. The highest BCUT2D eigenvalue weighted by Gasteiger charge is 2.17. The zero-order valence-corrected chi connectivity index (χ0v) is 11.1. The van der Waals surface area contributed by atoms with Crippen LogP contribution in [-0.4, -0.2) is 36.7 Å². The van der Waals surface area contributed by atoms with E-state index in [0.717, 1.165) is 29.5 Å². The molecule has 0 bridgehead atoms. The number of hydrogen-bond donors (Lipinski definition) is 2. The molecular formula is C15H17N3O2. The Morgan fingerprint density at radius 2 is 2.40 bits per heavy atom. The number of hydrogen-bond acceptors (Lipinski definition) is 4. The topological polar surface area (TPSA) is 63.2 Å². The van der Waals surface area contributed by atoms with Gasteiger partial charge in [0, 0.05) is 30.9 Å². The lowest BCUT2D eigenvalue weighted by Crippen LogP contribution is -2.40. The summed E-state index contributed by atoms with van der Waals surface area (Å²) in [5, 5.41) is 8.18. The molecule has 1 aromatic carbocycles. The number of nitrogens with zero attached hydrogens (tertiary/aromatic N) is 1. The van der Waals surface area contributed by atoms with E-state index in [-0.39, 0.29) is 12.0 Å². The molecule has 0 radical (unpaired) electrons. The van der Waals surface area contributed by atoms with E-state index < -0.39 is 0 Å². The van der Waals surface area contributed by atoms with Crippen LogP contribution in [0.15, 0.2) is 36.7 Å². The van der Waals surface area contributed by atoms with Gasteiger partial charge in [0.25, 0.3) is 0 Å². The Bertz CT molecular complexity index is 604. The lowest BCUT2D eigenvalue weighted by Gasteiger charge is -2.23. The van der Waals surface area contributed by atoms with Crippen molar-refractivity contribution >= 4 is 22.4 Å². The van der Waals surface area contributed by atoms with Crippen LogP contribution >= 0.6 is 0 Å². The molecule has 20 heavy (non-hydrogen) atoms. The van der Waals surface area contributed by atoms with E-state index in [1.807, 2.05) is 24.3 Å². The van der Waals surface area contributed by atoms with E-state index in [1.165, 1.54) is 0 Å². The summed E-state index contributed by atoms with van der Waals surface area (Å²) in [6.07, 6.45) is 3.83. The number of pyridine rings is 1. The maximum Gasteiger partial charge on any atom is 0.227 e. The smallest absolute Gasteiger partial charge is 0.227 e. The Morgan fingerprint density at radius 3 is 3.25 bits per heavy atom. The van der Waals surface area contributed by atoms with E-state index in [2.05, 4.69) is 15.6 Å². The number of amides is 1. The van der Waals surface area contributed by atoms with Crippen molar-refractivity contribution in [3.05, 3.63) is 36.7 Å². The highest BCUT2D eigenvalue weighted by Crippen LogP contribution is 2.22. The predicted octanol–water partition coefficient (Wildman–Crippen LogP) is 1.55. The minimum atomic E-state index is -0.0446. The standard InChI is InChI=1S/C15H17N3O2/c19-15(8-12-9-17-6-7-20-12)18-14-3-1-2-11-4-5-16-10-13(11)14/h1-5,10,12,17H,6-9H2,(H,18,19). The molecule has 1 atom stereocenters. The number of benzene rings is 1. The molecular weight excluding hydrogens is 254 g/mol. The van der Waals surface area contributed by atoms with Crippen molar-refractivity contribution in [2.45, 2.75) is 12.5 Å². The van der Waals surface area contributed by atoms with Gasteiger partial charge in [-0.2, -0.15) is 0 Å². The minimum Gasteiger partial charge on any atom is -0.375 e. The van der Waals surface area contributed by atoms with Crippen LogP contribution < -0.4 is 10.6 Å². The summed E-state index contributed by atoms with van der Waals surface area (Å²) in [5.74, 6) is -0.0324. The van der Waals surface area contributed by atoms with Gasteiger partial charge in [-0.15, -0.1) is 0 Å². The molecule has 2 heterocycles. The zero-order chi connectivity index (χ0) is 13.8. The lowest BCUT2D eigenvalue weighted by atomic mass is 10.1. The Kier molecular flexibility index (Phi) is 3.90. The van der Waals surface area contributed by atoms with Crippen LogP contribution in [0.5, 0.6) is 0 Å². The minimum absolute atomic E-state index is 0.0324. The molecule has 0 spiro atoms. The van der Waals surface area contributed by atoms with Crippen LogP contribution in [0.1, 0.15) is 6.42 Å². The van der Waals surface area contributed by atoms with Crippen LogP contribution in [-0.2, 0) is 9.53 Å². The van der Waals surface area contributed by atoms with E-state index in [0.29, 0.717) is 13.0 Å². The van der Waals surface area contributed by atoms with Crippen LogP contribution in [0.4, 0.5) is 5.69 Å². The third kappa shape index (κ3) is 2.95. The average Bonchev–Trinajstić information content (AvgIpc) is 2.48. The Labute approximate surface area is 117 Å². The fourth-order valence-corrected chi connectivity index (χ4v) is 2.38. The molecule has 104 valence electrons. The molecule has 1 amide bonds. The van der Waals surface area contributed by atoms with Gasteiger partial charge in [0.05, 0.1) is 24.8 Å². The van der Waals surface area contributed by atoms with Crippen molar-refractivity contribution in [3.8, 4) is 0 Å². The number of ether oxygens (including phenoxy) is 1. The third-order valence-electron chi connectivity index (χ3n) is 3.38. The molecule has 3 rings (SSSR count). The third-order valence-corrected chi connectivity index (χ3v) is 3.38. The molecule has 2 N–H and O–H groups in total. The lowest BCUT2D eigenvalue weighted by molar-refractivity contribution is -0.119. The number of aromatic nitrogens is 1.